The van der Waals surface area contributed by atoms with E-state index in [9.17, 15) is 0 Å². The molecule has 63 heavy (non-hydrogen) atoms. The molecule has 0 bridgehead atoms. The summed E-state index contributed by atoms with van der Waals surface area (Å²) in [7, 11) is 0. The highest BCUT2D eigenvalue weighted by molar-refractivity contribution is 6.13. The zero-order valence-corrected chi connectivity index (χ0v) is 33.8. The summed E-state index contributed by atoms with van der Waals surface area (Å²) in [6.45, 7) is 0. The van der Waals surface area contributed by atoms with E-state index in [1.165, 1.54) is 44.5 Å². The maximum atomic E-state index is 6.24. The van der Waals surface area contributed by atoms with Crippen molar-refractivity contribution in [3.63, 3.8) is 0 Å². The molecule has 5 heteroatoms. The minimum Gasteiger partial charge on any atom is -0.456 e. The van der Waals surface area contributed by atoms with Gasteiger partial charge in [0.25, 0.3) is 0 Å². The average molecular weight is 803 g/mol. The molecule has 5 nitrogen and oxygen atoms in total. The molecule has 0 amide bonds. The van der Waals surface area contributed by atoms with Gasteiger partial charge in [-0.15, -0.1) is 0 Å². The van der Waals surface area contributed by atoms with Gasteiger partial charge < -0.3 is 4.42 Å². The lowest BCUT2D eigenvalue weighted by atomic mass is 9.70. The number of rotatable bonds is 4. The van der Waals surface area contributed by atoms with Crippen LogP contribution in [0.4, 0.5) is 0 Å². The van der Waals surface area contributed by atoms with Gasteiger partial charge in [0.1, 0.15) is 11.2 Å². The highest BCUT2D eigenvalue weighted by Gasteiger charge is 2.51. The lowest BCUT2D eigenvalue weighted by Crippen LogP contribution is -2.25. The van der Waals surface area contributed by atoms with E-state index in [2.05, 4.69) is 174 Å². The Morgan fingerprint density at radius 2 is 0.889 bits per heavy atom. The van der Waals surface area contributed by atoms with Crippen LogP contribution >= 0.6 is 0 Å². The number of benzene rings is 9. The molecule has 0 unspecified atom stereocenters. The zero-order valence-electron chi connectivity index (χ0n) is 33.8. The predicted octanol–water partition coefficient (Wildman–Crippen LogP) is 14.2. The van der Waals surface area contributed by atoms with Crippen LogP contribution in [0, 0.1) is 0 Å². The largest absolute Gasteiger partial charge is 0.456 e. The van der Waals surface area contributed by atoms with Crippen LogP contribution in [0.25, 0.3) is 106 Å². The van der Waals surface area contributed by atoms with Gasteiger partial charge in [-0.05, 0) is 86.0 Å². The van der Waals surface area contributed by atoms with Crippen molar-refractivity contribution in [1.82, 2.24) is 19.5 Å². The van der Waals surface area contributed by atoms with E-state index in [4.69, 9.17) is 19.4 Å². The van der Waals surface area contributed by atoms with Crippen LogP contribution in [0.3, 0.4) is 0 Å². The molecule has 14 rings (SSSR count). The SMILES string of the molecule is c1ccc(-c2nc(-c3ccc(-c4cccc5oc6ccccc6c45)cc3)nc(-n3c4ccccc4c4cc5c(cc43)C3(c4ccccc4-c4ccccc43)c3ccccc3-5)n2)cc1. The first kappa shape index (κ1) is 34.3. The van der Waals surface area contributed by atoms with E-state index in [-0.39, 0.29) is 0 Å². The van der Waals surface area contributed by atoms with Gasteiger partial charge in [-0.3, -0.25) is 4.57 Å². The van der Waals surface area contributed by atoms with Crippen LogP contribution in [0.15, 0.2) is 211 Å². The lowest BCUT2D eigenvalue weighted by molar-refractivity contribution is 0.669. The average Bonchev–Trinajstić information content (AvgIpc) is 4.07. The summed E-state index contributed by atoms with van der Waals surface area (Å²) in [5.41, 5.74) is 17.7. The third kappa shape index (κ3) is 4.68. The molecule has 0 aliphatic heterocycles. The van der Waals surface area contributed by atoms with E-state index < -0.39 is 5.41 Å². The second-order valence-electron chi connectivity index (χ2n) is 16.7. The van der Waals surface area contributed by atoms with Crippen molar-refractivity contribution in [2.24, 2.45) is 0 Å². The minimum atomic E-state index is -0.483. The van der Waals surface area contributed by atoms with Crippen molar-refractivity contribution in [2.45, 2.75) is 5.41 Å². The third-order valence-corrected chi connectivity index (χ3v) is 13.5. The first-order chi connectivity index (χ1) is 31.2. The Morgan fingerprint density at radius 1 is 0.349 bits per heavy atom. The summed E-state index contributed by atoms with van der Waals surface area (Å²) in [6, 6.07) is 73.7. The van der Waals surface area contributed by atoms with E-state index >= 15 is 0 Å². The number of fused-ring (bicyclic) bond motifs is 16. The van der Waals surface area contributed by atoms with Gasteiger partial charge in [0.05, 0.1) is 16.4 Å². The van der Waals surface area contributed by atoms with Gasteiger partial charge in [0, 0.05) is 32.7 Å². The fraction of sp³-hybridized carbons (Fsp3) is 0.0172. The van der Waals surface area contributed by atoms with Crippen LogP contribution in [-0.2, 0) is 5.41 Å². The summed E-state index contributed by atoms with van der Waals surface area (Å²) in [4.78, 5) is 15.9. The summed E-state index contributed by atoms with van der Waals surface area (Å²) < 4.78 is 8.50. The topological polar surface area (TPSA) is 56.7 Å². The second-order valence-corrected chi connectivity index (χ2v) is 16.7. The second kappa shape index (κ2) is 12.8. The smallest absolute Gasteiger partial charge is 0.238 e. The fourth-order valence-electron chi connectivity index (χ4n) is 10.9. The van der Waals surface area contributed by atoms with Gasteiger partial charge >= 0.3 is 0 Å². The van der Waals surface area contributed by atoms with E-state index in [0.717, 1.165) is 66.0 Å². The molecule has 9 aromatic carbocycles. The Bertz CT molecular complexity index is 3810. The number of furan rings is 1. The highest BCUT2D eigenvalue weighted by atomic mass is 16.3. The zero-order chi connectivity index (χ0) is 41.2. The Kier molecular flexibility index (Phi) is 6.97. The van der Waals surface area contributed by atoms with E-state index in [1.54, 1.807) is 0 Å². The van der Waals surface area contributed by atoms with Gasteiger partial charge in [0.2, 0.25) is 5.95 Å². The molecule has 0 saturated carbocycles. The molecule has 0 radical (unpaired) electrons. The summed E-state index contributed by atoms with van der Waals surface area (Å²) in [5.74, 6) is 1.79. The van der Waals surface area contributed by atoms with E-state index in [0.29, 0.717) is 17.6 Å². The van der Waals surface area contributed by atoms with Crippen LogP contribution in [0.2, 0.25) is 0 Å². The van der Waals surface area contributed by atoms with Crippen molar-refractivity contribution in [2.75, 3.05) is 0 Å². The Morgan fingerprint density at radius 3 is 1.60 bits per heavy atom. The molecular weight excluding hydrogens is 769 g/mol. The molecule has 0 atom stereocenters. The first-order valence-corrected chi connectivity index (χ1v) is 21.4. The highest BCUT2D eigenvalue weighted by Crippen LogP contribution is 2.63. The number of hydrogen-bond acceptors (Lipinski definition) is 4. The molecule has 12 aromatic rings. The van der Waals surface area contributed by atoms with Crippen LogP contribution < -0.4 is 0 Å². The molecule has 292 valence electrons. The molecule has 2 aliphatic carbocycles. The van der Waals surface area contributed by atoms with Crippen LogP contribution in [0.5, 0.6) is 0 Å². The van der Waals surface area contributed by atoms with Gasteiger partial charge in [-0.25, -0.2) is 4.98 Å². The van der Waals surface area contributed by atoms with Crippen molar-refractivity contribution in [3.8, 4) is 62.1 Å². The fourth-order valence-corrected chi connectivity index (χ4v) is 10.9. The molecule has 3 aromatic heterocycles. The molecule has 0 N–H and O–H groups in total. The molecule has 0 fully saturated rings. The number of hydrogen-bond donors (Lipinski definition) is 0. The Balaban J connectivity index is 1.01. The van der Waals surface area contributed by atoms with Crippen molar-refractivity contribution in [3.05, 3.63) is 229 Å². The molecular formula is C58H34N4O. The Labute approximate surface area is 362 Å². The Hall–Kier alpha value is -8.41. The molecule has 1 spiro atoms. The maximum Gasteiger partial charge on any atom is 0.238 e. The van der Waals surface area contributed by atoms with E-state index in [1.807, 2.05) is 36.4 Å². The quantitative estimate of drug-likeness (QED) is 0.178. The van der Waals surface area contributed by atoms with Gasteiger partial charge in [0.15, 0.2) is 11.6 Å². The summed E-state index contributed by atoms with van der Waals surface area (Å²) in [6.07, 6.45) is 0. The van der Waals surface area contributed by atoms with Gasteiger partial charge in [-0.2, -0.15) is 9.97 Å². The predicted molar refractivity (Wildman–Crippen MR) is 254 cm³/mol. The standard InChI is InChI=1S/C58H34N4O/c1-2-15-36(16-3-1)55-59-56(37-31-29-35(30-32-37)38-22-14-28-53-54(38)43-21-8-13-27-52(43)63-53)61-57(60-55)62-50-26-12-7-20-42(50)45-33-44-41-19-6-11-25-48(41)58(49(44)34-51(45)62)46-23-9-4-17-39(46)40-18-5-10-24-47(40)58/h1-34H. The van der Waals surface area contributed by atoms with Crippen LogP contribution in [0.1, 0.15) is 22.3 Å². The van der Waals surface area contributed by atoms with Crippen LogP contribution in [-0.4, -0.2) is 19.5 Å². The number of para-hydroxylation sites is 2. The monoisotopic (exact) mass is 802 g/mol. The van der Waals surface area contributed by atoms with Crippen molar-refractivity contribution < 1.29 is 4.42 Å². The molecule has 3 heterocycles. The summed E-state index contributed by atoms with van der Waals surface area (Å²) in [5, 5.41) is 4.52. The first-order valence-electron chi connectivity index (χ1n) is 21.4. The minimum absolute atomic E-state index is 0.483. The molecule has 2 aliphatic rings. The van der Waals surface area contributed by atoms with Crippen molar-refractivity contribution >= 4 is 43.7 Å². The lowest BCUT2D eigenvalue weighted by Gasteiger charge is -2.30. The normalized spacial score (nSPS) is 13.2. The number of aromatic nitrogens is 4. The van der Waals surface area contributed by atoms with Crippen molar-refractivity contribution in [1.29, 1.82) is 0 Å². The number of nitrogens with zero attached hydrogens (tertiary/aromatic N) is 4. The van der Waals surface area contributed by atoms with Gasteiger partial charge in [-0.1, -0.05) is 176 Å². The summed E-state index contributed by atoms with van der Waals surface area (Å²) >= 11 is 0. The molecule has 0 saturated heterocycles. The third-order valence-electron chi connectivity index (χ3n) is 13.5. The maximum absolute atomic E-state index is 6.24.